The van der Waals surface area contributed by atoms with Crippen molar-refractivity contribution in [3.8, 4) is 0 Å². The summed E-state index contributed by atoms with van der Waals surface area (Å²) in [4.78, 5) is 11.4. The zero-order valence-corrected chi connectivity index (χ0v) is 8.23. The molecule has 1 saturated carbocycles. The summed E-state index contributed by atoms with van der Waals surface area (Å²) in [5.41, 5.74) is 0.157. The van der Waals surface area contributed by atoms with Gasteiger partial charge in [-0.1, -0.05) is 0 Å². The van der Waals surface area contributed by atoms with Crippen molar-refractivity contribution in [2.45, 2.75) is 38.1 Å². The van der Waals surface area contributed by atoms with Gasteiger partial charge >= 0.3 is 0 Å². The summed E-state index contributed by atoms with van der Waals surface area (Å²) in [6, 6.07) is 0. The van der Waals surface area contributed by atoms with E-state index in [0.717, 1.165) is 25.9 Å². The van der Waals surface area contributed by atoms with Crippen molar-refractivity contribution < 1.29 is 4.79 Å². The summed E-state index contributed by atoms with van der Waals surface area (Å²) in [6.45, 7) is 4.07. The molecule has 74 valence electrons. The number of carbonyl (C=O) groups excluding carboxylic acids is 1. The van der Waals surface area contributed by atoms with Crippen LogP contribution in [0.15, 0.2) is 0 Å². The lowest BCUT2D eigenvalue weighted by Gasteiger charge is -2.24. The zero-order chi connectivity index (χ0) is 9.31. The molecule has 1 atom stereocenters. The van der Waals surface area contributed by atoms with Crippen molar-refractivity contribution in [3.05, 3.63) is 0 Å². The van der Waals surface area contributed by atoms with Gasteiger partial charge in [0.1, 0.15) is 0 Å². The molecule has 2 rings (SSSR count). The maximum Gasteiger partial charge on any atom is 0.223 e. The first-order chi connectivity index (χ1) is 6.20. The second kappa shape index (κ2) is 3.29. The molecular weight excluding hydrogens is 164 g/mol. The smallest absolute Gasteiger partial charge is 0.223 e. The maximum atomic E-state index is 11.4. The third-order valence-corrected chi connectivity index (χ3v) is 3.06. The van der Waals surface area contributed by atoms with E-state index in [0.29, 0.717) is 5.92 Å². The Morgan fingerprint density at radius 2 is 2.38 bits per heavy atom. The van der Waals surface area contributed by atoms with Crippen LogP contribution in [-0.4, -0.2) is 24.5 Å². The molecule has 0 aromatic heterocycles. The molecule has 0 bridgehead atoms. The normalized spacial score (nSPS) is 33.3. The summed E-state index contributed by atoms with van der Waals surface area (Å²) >= 11 is 0. The van der Waals surface area contributed by atoms with Gasteiger partial charge in [0.15, 0.2) is 0 Å². The highest BCUT2D eigenvalue weighted by Crippen LogP contribution is 2.29. The van der Waals surface area contributed by atoms with Crippen molar-refractivity contribution >= 4 is 5.91 Å². The molecule has 1 unspecified atom stereocenters. The molecule has 2 N–H and O–H groups in total. The number of amides is 1. The monoisotopic (exact) mass is 182 g/mol. The Labute approximate surface area is 79.3 Å². The molecule has 2 fully saturated rings. The quantitative estimate of drug-likeness (QED) is 0.673. The van der Waals surface area contributed by atoms with E-state index in [2.05, 4.69) is 17.6 Å². The highest BCUT2D eigenvalue weighted by molar-refractivity contribution is 5.80. The Morgan fingerprint density at radius 3 is 2.92 bits per heavy atom. The fourth-order valence-corrected chi connectivity index (χ4v) is 1.88. The standard InChI is InChI=1S/C10H18N2O/c1-10(5-2-6-12-10)7-11-9(13)8-3-4-8/h8,12H,2-7H2,1H3,(H,11,13). The number of hydrogen-bond acceptors (Lipinski definition) is 2. The Kier molecular flexibility index (Phi) is 2.28. The van der Waals surface area contributed by atoms with Crippen LogP contribution in [0, 0.1) is 5.92 Å². The summed E-state index contributed by atoms with van der Waals surface area (Å²) in [5, 5.41) is 6.46. The van der Waals surface area contributed by atoms with E-state index < -0.39 is 0 Å². The van der Waals surface area contributed by atoms with Crippen LogP contribution >= 0.6 is 0 Å². The predicted octanol–water partition coefficient (Wildman–Crippen LogP) is 0.655. The van der Waals surface area contributed by atoms with Gasteiger partial charge in [0.2, 0.25) is 5.91 Å². The first-order valence-corrected chi connectivity index (χ1v) is 5.22. The van der Waals surface area contributed by atoms with Gasteiger partial charge in [-0.05, 0) is 39.2 Å². The van der Waals surface area contributed by atoms with Crippen LogP contribution in [-0.2, 0) is 4.79 Å². The van der Waals surface area contributed by atoms with Crippen molar-refractivity contribution in [3.63, 3.8) is 0 Å². The van der Waals surface area contributed by atoms with Gasteiger partial charge in [-0.15, -0.1) is 0 Å². The lowest BCUT2D eigenvalue weighted by molar-refractivity contribution is -0.122. The van der Waals surface area contributed by atoms with Crippen molar-refractivity contribution in [1.82, 2.24) is 10.6 Å². The molecule has 13 heavy (non-hydrogen) atoms. The molecule has 2 aliphatic rings. The van der Waals surface area contributed by atoms with Crippen LogP contribution in [0.4, 0.5) is 0 Å². The molecule has 3 nitrogen and oxygen atoms in total. The van der Waals surface area contributed by atoms with Gasteiger partial charge < -0.3 is 10.6 Å². The minimum atomic E-state index is 0.157. The minimum absolute atomic E-state index is 0.157. The number of rotatable bonds is 3. The average Bonchev–Trinajstić information content (AvgIpc) is 2.87. The predicted molar refractivity (Wildman–Crippen MR) is 51.4 cm³/mol. The van der Waals surface area contributed by atoms with Crippen LogP contribution in [0.2, 0.25) is 0 Å². The molecule has 3 heteroatoms. The third kappa shape index (κ3) is 2.21. The molecule has 0 aromatic carbocycles. The Balaban J connectivity index is 1.74. The van der Waals surface area contributed by atoms with Crippen molar-refractivity contribution in [2.24, 2.45) is 5.92 Å². The Hall–Kier alpha value is -0.570. The van der Waals surface area contributed by atoms with E-state index in [1.807, 2.05) is 0 Å². The van der Waals surface area contributed by atoms with E-state index in [4.69, 9.17) is 0 Å². The molecular formula is C10H18N2O. The zero-order valence-electron chi connectivity index (χ0n) is 8.23. The SMILES string of the molecule is CC1(CNC(=O)C2CC2)CCCN1. The fourth-order valence-electron chi connectivity index (χ4n) is 1.88. The minimum Gasteiger partial charge on any atom is -0.354 e. The Bertz CT molecular complexity index is 205. The van der Waals surface area contributed by atoms with Crippen molar-refractivity contribution in [1.29, 1.82) is 0 Å². The van der Waals surface area contributed by atoms with Crippen LogP contribution < -0.4 is 10.6 Å². The van der Waals surface area contributed by atoms with Gasteiger partial charge in [0.25, 0.3) is 0 Å². The van der Waals surface area contributed by atoms with Gasteiger partial charge in [0.05, 0.1) is 0 Å². The highest BCUT2D eigenvalue weighted by atomic mass is 16.2. The third-order valence-electron chi connectivity index (χ3n) is 3.06. The van der Waals surface area contributed by atoms with Gasteiger partial charge in [-0.25, -0.2) is 0 Å². The molecule has 0 aromatic rings. The molecule has 1 heterocycles. The van der Waals surface area contributed by atoms with Crippen LogP contribution in [0.5, 0.6) is 0 Å². The second-order valence-corrected chi connectivity index (χ2v) is 4.58. The first-order valence-electron chi connectivity index (χ1n) is 5.22. The van der Waals surface area contributed by atoms with E-state index in [9.17, 15) is 4.79 Å². The molecule has 1 saturated heterocycles. The average molecular weight is 182 g/mol. The molecule has 1 aliphatic carbocycles. The van der Waals surface area contributed by atoms with Crippen molar-refractivity contribution in [2.75, 3.05) is 13.1 Å². The lowest BCUT2D eigenvalue weighted by atomic mass is 10.0. The summed E-state index contributed by atoms with van der Waals surface area (Å²) in [7, 11) is 0. The fraction of sp³-hybridized carbons (Fsp3) is 0.900. The van der Waals surface area contributed by atoms with Crippen LogP contribution in [0.3, 0.4) is 0 Å². The van der Waals surface area contributed by atoms with Crippen LogP contribution in [0.1, 0.15) is 32.6 Å². The topological polar surface area (TPSA) is 41.1 Å². The lowest BCUT2D eigenvalue weighted by Crippen LogP contribution is -2.47. The van der Waals surface area contributed by atoms with Crippen LogP contribution in [0.25, 0.3) is 0 Å². The van der Waals surface area contributed by atoms with Gasteiger partial charge in [-0.2, -0.15) is 0 Å². The van der Waals surface area contributed by atoms with E-state index in [1.165, 1.54) is 12.8 Å². The Morgan fingerprint density at radius 1 is 1.62 bits per heavy atom. The van der Waals surface area contributed by atoms with Gasteiger partial charge in [-0.3, -0.25) is 4.79 Å². The van der Waals surface area contributed by atoms with E-state index in [1.54, 1.807) is 0 Å². The summed E-state index contributed by atoms with van der Waals surface area (Å²) < 4.78 is 0. The largest absolute Gasteiger partial charge is 0.354 e. The number of hydrogen-bond donors (Lipinski definition) is 2. The first kappa shape index (κ1) is 9.00. The van der Waals surface area contributed by atoms with E-state index in [-0.39, 0.29) is 11.4 Å². The molecule has 0 spiro atoms. The maximum absolute atomic E-state index is 11.4. The molecule has 1 aliphatic heterocycles. The molecule has 1 amide bonds. The van der Waals surface area contributed by atoms with E-state index >= 15 is 0 Å². The highest BCUT2D eigenvalue weighted by Gasteiger charge is 2.32. The summed E-state index contributed by atoms with van der Waals surface area (Å²) in [6.07, 6.45) is 4.60. The molecule has 0 radical (unpaired) electrons. The second-order valence-electron chi connectivity index (χ2n) is 4.58. The summed E-state index contributed by atoms with van der Waals surface area (Å²) in [5.74, 6) is 0.597. The van der Waals surface area contributed by atoms with Gasteiger partial charge in [0, 0.05) is 18.0 Å². The number of nitrogens with one attached hydrogen (secondary N) is 2. The number of carbonyl (C=O) groups is 1.